The fourth-order valence-electron chi connectivity index (χ4n) is 2.75. The van der Waals surface area contributed by atoms with Crippen LogP contribution >= 0.6 is 11.6 Å². The van der Waals surface area contributed by atoms with Crippen LogP contribution in [0.4, 0.5) is 0 Å². The lowest BCUT2D eigenvalue weighted by Crippen LogP contribution is -2.18. The maximum Gasteiger partial charge on any atom is 0.209 e. The SMILES string of the molecule is CC(C)(C)c1cc(-n2nc3ccc(Cl)cc3n2)c([O])c(C(C)(C)C)c1. The number of fused-ring (bicyclic) bond motifs is 1. The van der Waals surface area contributed by atoms with Crippen LogP contribution in [0.25, 0.3) is 16.7 Å². The largest absolute Gasteiger partial charge is 0.287 e. The summed E-state index contributed by atoms with van der Waals surface area (Å²) in [5.41, 5.74) is 3.37. The lowest BCUT2D eigenvalue weighted by Gasteiger charge is -2.26. The Morgan fingerprint density at radius 2 is 1.52 bits per heavy atom. The van der Waals surface area contributed by atoms with Gasteiger partial charge in [-0.2, -0.15) is 0 Å². The molecule has 25 heavy (non-hydrogen) atoms. The van der Waals surface area contributed by atoms with Gasteiger partial charge >= 0.3 is 0 Å². The molecular formula is C20H23ClN3O. The minimum atomic E-state index is -0.261. The normalized spacial score (nSPS) is 12.8. The average molecular weight is 357 g/mol. The third kappa shape index (κ3) is 3.36. The Hall–Kier alpha value is -2.07. The quantitative estimate of drug-likeness (QED) is 0.552. The highest BCUT2D eigenvalue weighted by molar-refractivity contribution is 6.31. The van der Waals surface area contributed by atoms with Crippen LogP contribution in [0.5, 0.6) is 5.75 Å². The molecule has 4 nitrogen and oxygen atoms in total. The van der Waals surface area contributed by atoms with Gasteiger partial charge in [0.15, 0.2) is 0 Å². The number of halogens is 1. The molecule has 1 heterocycles. The van der Waals surface area contributed by atoms with Crippen molar-refractivity contribution in [3.8, 4) is 11.4 Å². The maximum atomic E-state index is 13.1. The van der Waals surface area contributed by atoms with Crippen LogP contribution in [0.15, 0.2) is 30.3 Å². The van der Waals surface area contributed by atoms with Crippen molar-refractivity contribution >= 4 is 22.6 Å². The number of hydrogen-bond acceptors (Lipinski definition) is 2. The van der Waals surface area contributed by atoms with Crippen LogP contribution in [0.2, 0.25) is 5.02 Å². The third-order valence-electron chi connectivity index (χ3n) is 4.30. The minimum Gasteiger partial charge on any atom is -0.287 e. The van der Waals surface area contributed by atoms with Crippen LogP contribution in [0.1, 0.15) is 52.7 Å². The van der Waals surface area contributed by atoms with E-state index < -0.39 is 0 Å². The molecule has 5 heteroatoms. The van der Waals surface area contributed by atoms with E-state index in [1.165, 1.54) is 4.80 Å². The molecule has 0 saturated carbocycles. The van der Waals surface area contributed by atoms with Gasteiger partial charge < -0.3 is 0 Å². The second kappa shape index (κ2) is 5.73. The summed E-state index contributed by atoms with van der Waals surface area (Å²) in [5, 5.41) is 22.7. The Labute approximate surface area is 153 Å². The van der Waals surface area contributed by atoms with E-state index in [-0.39, 0.29) is 16.6 Å². The Bertz CT molecular complexity index is 946. The number of aromatic nitrogens is 3. The molecule has 1 radical (unpaired) electrons. The number of benzene rings is 2. The Morgan fingerprint density at radius 1 is 0.880 bits per heavy atom. The van der Waals surface area contributed by atoms with Crippen molar-refractivity contribution in [1.82, 2.24) is 15.0 Å². The summed E-state index contributed by atoms with van der Waals surface area (Å²) in [6.45, 7) is 12.5. The predicted octanol–water partition coefficient (Wildman–Crippen LogP) is 5.81. The number of nitrogens with zero attached hydrogens (tertiary/aromatic N) is 3. The first-order chi connectivity index (χ1) is 11.5. The van der Waals surface area contributed by atoms with E-state index >= 15 is 0 Å². The molecule has 0 bridgehead atoms. The molecule has 131 valence electrons. The molecular weight excluding hydrogens is 334 g/mol. The number of hydrogen-bond donors (Lipinski definition) is 0. The van der Waals surface area contributed by atoms with E-state index in [0.29, 0.717) is 21.7 Å². The van der Waals surface area contributed by atoms with Crippen LogP contribution in [-0.4, -0.2) is 15.0 Å². The minimum absolute atomic E-state index is 0.0353. The Balaban J connectivity index is 2.29. The lowest BCUT2D eigenvalue weighted by molar-refractivity contribution is 0.336. The van der Waals surface area contributed by atoms with E-state index in [0.717, 1.165) is 11.1 Å². The van der Waals surface area contributed by atoms with E-state index in [1.54, 1.807) is 12.1 Å². The smallest absolute Gasteiger partial charge is 0.209 e. The maximum absolute atomic E-state index is 13.1. The van der Waals surface area contributed by atoms with E-state index in [4.69, 9.17) is 11.6 Å². The van der Waals surface area contributed by atoms with Crippen molar-refractivity contribution in [3.05, 3.63) is 46.5 Å². The highest BCUT2D eigenvalue weighted by Crippen LogP contribution is 2.39. The molecule has 3 aromatic rings. The van der Waals surface area contributed by atoms with Crippen molar-refractivity contribution in [3.63, 3.8) is 0 Å². The van der Waals surface area contributed by atoms with Gasteiger partial charge in [0.25, 0.3) is 0 Å². The standard InChI is InChI=1S/C20H23ClN3O/c1-19(2,3)12-9-14(20(4,5)6)18(25)17(10-12)24-22-15-8-7-13(21)11-16(15)23-24/h7-11H,1-6H3. The summed E-state index contributed by atoms with van der Waals surface area (Å²) in [5.74, 6) is -0.0353. The molecule has 3 rings (SSSR count). The number of rotatable bonds is 1. The lowest BCUT2D eigenvalue weighted by atomic mass is 9.80. The summed E-state index contributed by atoms with van der Waals surface area (Å²) >= 11 is 6.04. The van der Waals surface area contributed by atoms with Gasteiger partial charge in [-0.25, -0.2) is 0 Å². The Morgan fingerprint density at radius 3 is 2.12 bits per heavy atom. The molecule has 1 aromatic heterocycles. The first kappa shape index (κ1) is 17.7. The molecule has 0 atom stereocenters. The molecule has 0 aliphatic rings. The van der Waals surface area contributed by atoms with Crippen LogP contribution in [0.3, 0.4) is 0 Å². The molecule has 0 amide bonds. The zero-order valence-electron chi connectivity index (χ0n) is 15.5. The van der Waals surface area contributed by atoms with Gasteiger partial charge in [-0.05, 0) is 40.7 Å². The summed E-state index contributed by atoms with van der Waals surface area (Å²) in [7, 11) is 0. The molecule has 0 unspecified atom stereocenters. The van der Waals surface area contributed by atoms with Gasteiger partial charge in [-0.1, -0.05) is 59.2 Å². The zero-order valence-corrected chi connectivity index (χ0v) is 16.3. The molecule has 0 aliphatic carbocycles. The summed E-state index contributed by atoms with van der Waals surface area (Å²) in [6, 6.07) is 9.25. The van der Waals surface area contributed by atoms with E-state index in [9.17, 15) is 5.11 Å². The molecule has 2 aromatic carbocycles. The van der Waals surface area contributed by atoms with Crippen molar-refractivity contribution in [2.45, 2.75) is 52.4 Å². The Kier molecular flexibility index (Phi) is 4.07. The van der Waals surface area contributed by atoms with Crippen molar-refractivity contribution in [2.75, 3.05) is 0 Å². The van der Waals surface area contributed by atoms with Crippen LogP contribution in [-0.2, 0) is 15.9 Å². The monoisotopic (exact) mass is 356 g/mol. The van der Waals surface area contributed by atoms with Gasteiger partial charge in [-0.3, -0.25) is 5.11 Å². The van der Waals surface area contributed by atoms with Crippen molar-refractivity contribution < 1.29 is 5.11 Å². The predicted molar refractivity (Wildman–Crippen MR) is 101 cm³/mol. The molecule has 0 fully saturated rings. The second-order valence-electron chi connectivity index (χ2n) is 8.49. The van der Waals surface area contributed by atoms with Crippen LogP contribution in [0, 0.1) is 0 Å². The van der Waals surface area contributed by atoms with Crippen molar-refractivity contribution in [1.29, 1.82) is 0 Å². The summed E-state index contributed by atoms with van der Waals surface area (Å²) < 4.78 is 0. The van der Waals surface area contributed by atoms with Gasteiger partial charge in [0.1, 0.15) is 16.7 Å². The van der Waals surface area contributed by atoms with E-state index in [1.807, 2.05) is 39.0 Å². The van der Waals surface area contributed by atoms with Crippen molar-refractivity contribution in [2.24, 2.45) is 0 Å². The fourth-order valence-corrected chi connectivity index (χ4v) is 2.91. The first-order valence-electron chi connectivity index (χ1n) is 8.36. The van der Waals surface area contributed by atoms with Crippen LogP contribution < -0.4 is 0 Å². The van der Waals surface area contributed by atoms with Gasteiger partial charge in [0.2, 0.25) is 5.75 Å². The van der Waals surface area contributed by atoms with Gasteiger partial charge in [-0.15, -0.1) is 15.0 Å². The molecule has 0 saturated heterocycles. The molecule has 0 spiro atoms. The fraction of sp³-hybridized carbons (Fsp3) is 0.400. The zero-order chi connectivity index (χ0) is 18.6. The van der Waals surface area contributed by atoms with E-state index in [2.05, 4.69) is 31.0 Å². The third-order valence-corrected chi connectivity index (χ3v) is 4.54. The second-order valence-corrected chi connectivity index (χ2v) is 8.93. The van der Waals surface area contributed by atoms with Gasteiger partial charge in [0, 0.05) is 10.6 Å². The summed E-state index contributed by atoms with van der Waals surface area (Å²) in [4.78, 5) is 1.44. The molecule has 0 aliphatic heterocycles. The summed E-state index contributed by atoms with van der Waals surface area (Å²) in [6.07, 6.45) is 0. The van der Waals surface area contributed by atoms with Gasteiger partial charge in [0.05, 0.1) is 0 Å². The molecule has 0 N–H and O–H groups in total. The topological polar surface area (TPSA) is 50.6 Å². The highest BCUT2D eigenvalue weighted by atomic mass is 35.5. The highest BCUT2D eigenvalue weighted by Gasteiger charge is 2.27. The first-order valence-corrected chi connectivity index (χ1v) is 8.73. The average Bonchev–Trinajstić information content (AvgIpc) is 2.87.